The highest BCUT2D eigenvalue weighted by Crippen LogP contribution is 2.11. The molecule has 1 heterocycles. The summed E-state index contributed by atoms with van der Waals surface area (Å²) in [7, 11) is 0. The molecule has 1 aliphatic heterocycles. The van der Waals surface area contributed by atoms with Gasteiger partial charge in [-0.1, -0.05) is 20.3 Å². The van der Waals surface area contributed by atoms with Gasteiger partial charge in [0.1, 0.15) is 0 Å². The molecule has 5 N–H and O–H groups in total. The first-order chi connectivity index (χ1) is 8.93. The van der Waals surface area contributed by atoms with Crippen LogP contribution in [-0.4, -0.2) is 48.4 Å². The Kier molecular flexibility index (Phi) is 6.24. The molecule has 1 rings (SSSR count). The molecule has 0 saturated carbocycles. The molecule has 0 radical (unpaired) electrons. The molecule has 6 heteroatoms. The van der Waals surface area contributed by atoms with E-state index >= 15 is 0 Å². The minimum atomic E-state index is -0.436. The van der Waals surface area contributed by atoms with Crippen LogP contribution in [-0.2, 0) is 9.59 Å². The van der Waals surface area contributed by atoms with Crippen LogP contribution in [0, 0.1) is 5.92 Å². The SMILES string of the molecule is CCC(C)[C@H](N)C(=O)NC1CCN(CC(N)=O)CC1. The van der Waals surface area contributed by atoms with Crippen LogP contribution in [0.5, 0.6) is 0 Å². The van der Waals surface area contributed by atoms with Crippen molar-refractivity contribution < 1.29 is 9.59 Å². The van der Waals surface area contributed by atoms with Gasteiger partial charge in [0.05, 0.1) is 12.6 Å². The van der Waals surface area contributed by atoms with Crippen molar-refractivity contribution in [2.24, 2.45) is 17.4 Å². The number of nitrogens with two attached hydrogens (primary N) is 2. The topological polar surface area (TPSA) is 101 Å². The zero-order chi connectivity index (χ0) is 14.4. The molecule has 1 fully saturated rings. The summed E-state index contributed by atoms with van der Waals surface area (Å²) in [6.45, 7) is 5.88. The van der Waals surface area contributed by atoms with E-state index in [4.69, 9.17) is 11.5 Å². The first-order valence-corrected chi connectivity index (χ1v) is 7.00. The second kappa shape index (κ2) is 7.45. The Morgan fingerprint density at radius 2 is 1.95 bits per heavy atom. The maximum Gasteiger partial charge on any atom is 0.237 e. The number of hydrogen-bond acceptors (Lipinski definition) is 4. The molecule has 0 aromatic heterocycles. The average Bonchev–Trinajstić information content (AvgIpc) is 2.38. The van der Waals surface area contributed by atoms with Crippen LogP contribution in [0.25, 0.3) is 0 Å². The van der Waals surface area contributed by atoms with Crippen LogP contribution in [0.2, 0.25) is 0 Å². The van der Waals surface area contributed by atoms with Crippen molar-refractivity contribution in [3.63, 3.8) is 0 Å². The second-order valence-electron chi connectivity index (χ2n) is 5.44. The number of carbonyl (C=O) groups is 2. The standard InChI is InChI=1S/C13H26N4O2/c1-3-9(2)12(15)13(19)16-10-4-6-17(7-5-10)8-11(14)18/h9-10,12H,3-8,15H2,1-2H3,(H2,14,18)(H,16,19)/t9?,12-/m0/s1. The van der Waals surface area contributed by atoms with Crippen LogP contribution in [0.3, 0.4) is 0 Å². The predicted molar refractivity (Wildman–Crippen MR) is 74.2 cm³/mol. The fourth-order valence-corrected chi connectivity index (χ4v) is 2.27. The highest BCUT2D eigenvalue weighted by Gasteiger charge is 2.25. The van der Waals surface area contributed by atoms with Gasteiger partial charge in [-0.25, -0.2) is 0 Å². The number of nitrogens with one attached hydrogen (secondary N) is 1. The Morgan fingerprint density at radius 3 is 2.42 bits per heavy atom. The Balaban J connectivity index is 2.32. The molecule has 1 unspecified atom stereocenters. The van der Waals surface area contributed by atoms with Crippen molar-refractivity contribution in [3.05, 3.63) is 0 Å². The lowest BCUT2D eigenvalue weighted by Gasteiger charge is -2.32. The molecule has 110 valence electrons. The Labute approximate surface area is 114 Å². The molecule has 6 nitrogen and oxygen atoms in total. The summed E-state index contributed by atoms with van der Waals surface area (Å²) >= 11 is 0. The fraction of sp³-hybridized carbons (Fsp3) is 0.846. The number of carbonyl (C=O) groups excluding carboxylic acids is 2. The molecule has 0 aliphatic carbocycles. The summed E-state index contributed by atoms with van der Waals surface area (Å²) < 4.78 is 0. The van der Waals surface area contributed by atoms with E-state index in [1.54, 1.807) is 0 Å². The minimum Gasteiger partial charge on any atom is -0.369 e. The number of primary amides is 1. The Hall–Kier alpha value is -1.14. The molecular formula is C13H26N4O2. The van der Waals surface area contributed by atoms with Crippen LogP contribution in [0.15, 0.2) is 0 Å². The van der Waals surface area contributed by atoms with Gasteiger partial charge in [-0.15, -0.1) is 0 Å². The number of likely N-dealkylation sites (tertiary alicyclic amines) is 1. The summed E-state index contributed by atoms with van der Waals surface area (Å²) in [5, 5.41) is 3.00. The van der Waals surface area contributed by atoms with Crippen molar-refractivity contribution in [3.8, 4) is 0 Å². The molecule has 0 bridgehead atoms. The summed E-state index contributed by atoms with van der Waals surface area (Å²) in [6, 6.07) is -0.277. The van der Waals surface area contributed by atoms with E-state index < -0.39 is 6.04 Å². The predicted octanol–water partition coefficient (Wildman–Crippen LogP) is -0.574. The van der Waals surface area contributed by atoms with Gasteiger partial charge in [-0.2, -0.15) is 0 Å². The Bertz CT molecular complexity index is 314. The van der Waals surface area contributed by atoms with E-state index in [0.29, 0.717) is 6.54 Å². The van der Waals surface area contributed by atoms with Crippen molar-refractivity contribution >= 4 is 11.8 Å². The largest absolute Gasteiger partial charge is 0.369 e. The third kappa shape index (κ3) is 5.16. The van der Waals surface area contributed by atoms with E-state index in [0.717, 1.165) is 32.4 Å². The van der Waals surface area contributed by atoms with Crippen molar-refractivity contribution in [1.82, 2.24) is 10.2 Å². The lowest BCUT2D eigenvalue weighted by molar-refractivity contribution is -0.125. The maximum atomic E-state index is 11.9. The maximum absolute atomic E-state index is 11.9. The first-order valence-electron chi connectivity index (χ1n) is 7.00. The fourth-order valence-electron chi connectivity index (χ4n) is 2.27. The number of nitrogens with zero attached hydrogens (tertiary/aromatic N) is 1. The van der Waals surface area contributed by atoms with E-state index in [2.05, 4.69) is 5.32 Å². The molecule has 1 aliphatic rings. The van der Waals surface area contributed by atoms with Gasteiger partial charge >= 0.3 is 0 Å². The molecule has 1 saturated heterocycles. The first kappa shape index (κ1) is 15.9. The monoisotopic (exact) mass is 270 g/mol. The van der Waals surface area contributed by atoms with Gasteiger partial charge in [-0.3, -0.25) is 14.5 Å². The number of hydrogen-bond donors (Lipinski definition) is 3. The van der Waals surface area contributed by atoms with Gasteiger partial charge in [0.15, 0.2) is 0 Å². The van der Waals surface area contributed by atoms with E-state index in [1.165, 1.54) is 0 Å². The third-order valence-corrected chi connectivity index (χ3v) is 3.87. The second-order valence-corrected chi connectivity index (χ2v) is 5.44. The van der Waals surface area contributed by atoms with Gasteiger partial charge < -0.3 is 16.8 Å². The van der Waals surface area contributed by atoms with Gasteiger partial charge in [-0.05, 0) is 18.8 Å². The number of amides is 2. The molecule has 2 atom stereocenters. The Morgan fingerprint density at radius 1 is 1.37 bits per heavy atom. The molecule has 0 aromatic carbocycles. The van der Waals surface area contributed by atoms with E-state index in [9.17, 15) is 9.59 Å². The molecule has 0 spiro atoms. The van der Waals surface area contributed by atoms with Gasteiger partial charge in [0, 0.05) is 19.1 Å². The molecule has 19 heavy (non-hydrogen) atoms. The van der Waals surface area contributed by atoms with Gasteiger partial charge in [0.2, 0.25) is 11.8 Å². The summed E-state index contributed by atoms with van der Waals surface area (Å²) in [6.07, 6.45) is 2.57. The molecule has 2 amide bonds. The zero-order valence-electron chi connectivity index (χ0n) is 11.9. The molecule has 0 aromatic rings. The lowest BCUT2D eigenvalue weighted by Crippen LogP contribution is -2.52. The highest BCUT2D eigenvalue weighted by molar-refractivity contribution is 5.82. The average molecular weight is 270 g/mol. The van der Waals surface area contributed by atoms with Crippen molar-refractivity contribution in [2.75, 3.05) is 19.6 Å². The number of piperidine rings is 1. The lowest BCUT2D eigenvalue weighted by atomic mass is 9.98. The van der Waals surface area contributed by atoms with Crippen LogP contribution in [0.4, 0.5) is 0 Å². The van der Waals surface area contributed by atoms with Crippen LogP contribution in [0.1, 0.15) is 33.1 Å². The summed E-state index contributed by atoms with van der Waals surface area (Å²) in [5.41, 5.74) is 11.1. The van der Waals surface area contributed by atoms with E-state index in [1.807, 2.05) is 18.7 Å². The smallest absolute Gasteiger partial charge is 0.237 e. The van der Waals surface area contributed by atoms with E-state index in [-0.39, 0.29) is 23.8 Å². The van der Waals surface area contributed by atoms with Crippen molar-refractivity contribution in [1.29, 1.82) is 0 Å². The summed E-state index contributed by atoms with van der Waals surface area (Å²) in [4.78, 5) is 24.8. The third-order valence-electron chi connectivity index (χ3n) is 3.87. The van der Waals surface area contributed by atoms with Crippen LogP contribution >= 0.6 is 0 Å². The van der Waals surface area contributed by atoms with Crippen LogP contribution < -0.4 is 16.8 Å². The molecular weight excluding hydrogens is 244 g/mol. The van der Waals surface area contributed by atoms with Gasteiger partial charge in [0.25, 0.3) is 0 Å². The minimum absolute atomic E-state index is 0.0669. The number of rotatable bonds is 6. The highest BCUT2D eigenvalue weighted by atomic mass is 16.2. The van der Waals surface area contributed by atoms with Crippen molar-refractivity contribution in [2.45, 2.75) is 45.2 Å². The normalized spacial score (nSPS) is 20.8. The zero-order valence-corrected chi connectivity index (χ0v) is 11.9. The quantitative estimate of drug-likeness (QED) is 0.601. The summed E-state index contributed by atoms with van der Waals surface area (Å²) in [5.74, 6) is -0.182.